The number of cyclic esters (lactones) is 1. The third-order valence-corrected chi connectivity index (χ3v) is 5.56. The van der Waals surface area contributed by atoms with E-state index in [0.29, 0.717) is 13.1 Å². The van der Waals surface area contributed by atoms with E-state index in [1.807, 2.05) is 0 Å². The highest BCUT2D eigenvalue weighted by molar-refractivity contribution is 5.90. The van der Waals surface area contributed by atoms with Crippen molar-refractivity contribution in [1.29, 1.82) is 0 Å². The number of amides is 2. The SMILES string of the molecule is CC(=O)NC[C@H]1CN(c2cc(F)c(N3C[C@@H]4C(C(=O)O)[C@@H]4C3)c(F)c2)C(=O)O1. The van der Waals surface area contributed by atoms with Gasteiger partial charge in [0.25, 0.3) is 0 Å². The summed E-state index contributed by atoms with van der Waals surface area (Å²) in [5, 5.41) is 11.6. The largest absolute Gasteiger partial charge is 0.481 e. The summed E-state index contributed by atoms with van der Waals surface area (Å²) in [6, 6.07) is 2.14. The summed E-state index contributed by atoms with van der Waals surface area (Å²) in [4.78, 5) is 36.7. The number of fused-ring (bicyclic) bond motifs is 1. The highest BCUT2D eigenvalue weighted by Crippen LogP contribution is 2.53. The van der Waals surface area contributed by atoms with Crippen molar-refractivity contribution in [3.05, 3.63) is 23.8 Å². The lowest BCUT2D eigenvalue weighted by Crippen LogP contribution is -2.33. The number of benzene rings is 1. The standard InChI is InChI=1S/C18H19F2N3O5/c1-8(24)21-4-10-5-23(18(27)28-10)9-2-13(19)16(14(20)3-9)22-6-11-12(7-22)15(11)17(25)26/h2-3,10-12,15H,4-7H2,1H3,(H,21,24)(H,25,26)/t10-,11-,12+,15?/m0/s1. The van der Waals surface area contributed by atoms with Crippen LogP contribution in [0.5, 0.6) is 0 Å². The van der Waals surface area contributed by atoms with Crippen LogP contribution in [-0.2, 0) is 14.3 Å². The van der Waals surface area contributed by atoms with Crippen molar-refractivity contribution in [2.75, 3.05) is 36.0 Å². The molecule has 2 aliphatic heterocycles. The first-order valence-corrected chi connectivity index (χ1v) is 8.95. The summed E-state index contributed by atoms with van der Waals surface area (Å²) >= 11 is 0. The fourth-order valence-electron chi connectivity index (χ4n) is 4.18. The Bertz CT molecular complexity index is 829. The van der Waals surface area contributed by atoms with Gasteiger partial charge in [-0.05, 0) is 11.8 Å². The Hall–Kier alpha value is -2.91. The Balaban J connectivity index is 1.47. The highest BCUT2D eigenvalue weighted by atomic mass is 19.1. The van der Waals surface area contributed by atoms with Crippen LogP contribution in [-0.4, -0.2) is 55.4 Å². The van der Waals surface area contributed by atoms with Gasteiger partial charge >= 0.3 is 12.1 Å². The molecule has 0 spiro atoms. The van der Waals surface area contributed by atoms with Gasteiger partial charge in [-0.25, -0.2) is 13.6 Å². The Labute approximate surface area is 159 Å². The van der Waals surface area contributed by atoms with Gasteiger partial charge in [0.05, 0.1) is 24.7 Å². The van der Waals surface area contributed by atoms with E-state index in [9.17, 15) is 23.2 Å². The van der Waals surface area contributed by atoms with Crippen LogP contribution in [0.3, 0.4) is 0 Å². The zero-order valence-electron chi connectivity index (χ0n) is 15.0. The zero-order chi connectivity index (χ0) is 20.2. The summed E-state index contributed by atoms with van der Waals surface area (Å²) in [5.41, 5.74) is -0.177. The Morgan fingerprint density at radius 1 is 1.21 bits per heavy atom. The van der Waals surface area contributed by atoms with Gasteiger partial charge in [0, 0.05) is 32.1 Å². The van der Waals surface area contributed by atoms with Crippen molar-refractivity contribution in [2.45, 2.75) is 13.0 Å². The van der Waals surface area contributed by atoms with Crippen LogP contribution in [0, 0.1) is 29.4 Å². The maximum Gasteiger partial charge on any atom is 0.414 e. The number of aliphatic carboxylic acids is 1. The first kappa shape index (κ1) is 18.5. The molecule has 150 valence electrons. The number of anilines is 2. The molecule has 10 heteroatoms. The lowest BCUT2D eigenvalue weighted by Gasteiger charge is -2.24. The van der Waals surface area contributed by atoms with Gasteiger partial charge < -0.3 is 20.1 Å². The second kappa shape index (κ2) is 6.61. The van der Waals surface area contributed by atoms with Gasteiger partial charge in [-0.1, -0.05) is 0 Å². The number of rotatable bonds is 5. The zero-order valence-corrected chi connectivity index (χ0v) is 15.0. The van der Waals surface area contributed by atoms with Crippen LogP contribution in [0.25, 0.3) is 0 Å². The van der Waals surface area contributed by atoms with E-state index in [1.165, 1.54) is 11.8 Å². The quantitative estimate of drug-likeness (QED) is 0.777. The lowest BCUT2D eigenvalue weighted by molar-refractivity contribution is -0.139. The molecule has 4 atom stereocenters. The Morgan fingerprint density at radius 3 is 2.36 bits per heavy atom. The summed E-state index contributed by atoms with van der Waals surface area (Å²) in [7, 11) is 0. The molecule has 3 fully saturated rings. The van der Waals surface area contributed by atoms with Gasteiger partial charge in [0.2, 0.25) is 5.91 Å². The molecule has 1 saturated carbocycles. The fraction of sp³-hybridized carbons (Fsp3) is 0.500. The monoisotopic (exact) mass is 395 g/mol. The van der Waals surface area contributed by atoms with Gasteiger partial charge in [0.1, 0.15) is 11.8 Å². The Morgan fingerprint density at radius 2 is 1.82 bits per heavy atom. The molecule has 0 radical (unpaired) electrons. The van der Waals surface area contributed by atoms with E-state index >= 15 is 0 Å². The second-order valence-electron chi connectivity index (χ2n) is 7.41. The molecular formula is C18H19F2N3O5. The van der Waals surface area contributed by atoms with E-state index in [4.69, 9.17) is 9.84 Å². The number of carbonyl (C=O) groups is 3. The molecular weight excluding hydrogens is 376 g/mol. The van der Waals surface area contributed by atoms with E-state index in [-0.39, 0.29) is 42.2 Å². The second-order valence-corrected chi connectivity index (χ2v) is 7.41. The van der Waals surface area contributed by atoms with Crippen molar-refractivity contribution in [2.24, 2.45) is 17.8 Å². The molecule has 2 N–H and O–H groups in total. The van der Waals surface area contributed by atoms with E-state index in [0.717, 1.165) is 17.0 Å². The molecule has 1 unspecified atom stereocenters. The molecule has 2 amide bonds. The lowest BCUT2D eigenvalue weighted by atomic mass is 10.2. The number of carbonyl (C=O) groups excluding carboxylic acids is 2. The van der Waals surface area contributed by atoms with Gasteiger partial charge in [-0.2, -0.15) is 0 Å². The number of nitrogens with zero attached hydrogens (tertiary/aromatic N) is 2. The molecule has 28 heavy (non-hydrogen) atoms. The minimum absolute atomic E-state index is 0.0295. The van der Waals surface area contributed by atoms with Crippen LogP contribution in [0.1, 0.15) is 6.92 Å². The first-order chi connectivity index (χ1) is 13.3. The first-order valence-electron chi connectivity index (χ1n) is 8.95. The van der Waals surface area contributed by atoms with E-state index in [1.54, 1.807) is 0 Å². The smallest absolute Gasteiger partial charge is 0.414 e. The van der Waals surface area contributed by atoms with Crippen molar-refractivity contribution >= 4 is 29.3 Å². The molecule has 0 aromatic heterocycles. The van der Waals surface area contributed by atoms with Crippen molar-refractivity contribution in [3.63, 3.8) is 0 Å². The molecule has 4 rings (SSSR count). The maximum absolute atomic E-state index is 14.7. The van der Waals surface area contributed by atoms with Crippen molar-refractivity contribution < 1.29 is 33.0 Å². The number of nitrogens with one attached hydrogen (secondary N) is 1. The predicted molar refractivity (Wildman–Crippen MR) is 93.0 cm³/mol. The summed E-state index contributed by atoms with van der Waals surface area (Å²) in [6.45, 7) is 2.09. The number of hydrogen-bond acceptors (Lipinski definition) is 5. The van der Waals surface area contributed by atoms with Crippen LogP contribution in [0.2, 0.25) is 0 Å². The molecule has 2 heterocycles. The summed E-state index contributed by atoms with van der Waals surface area (Å²) in [5.74, 6) is -3.38. The van der Waals surface area contributed by atoms with Crippen molar-refractivity contribution in [3.8, 4) is 0 Å². The number of ether oxygens (including phenoxy) is 1. The van der Waals surface area contributed by atoms with Gasteiger partial charge in [0.15, 0.2) is 11.6 Å². The van der Waals surface area contributed by atoms with Gasteiger partial charge in [-0.15, -0.1) is 0 Å². The van der Waals surface area contributed by atoms with Crippen molar-refractivity contribution in [1.82, 2.24) is 5.32 Å². The summed E-state index contributed by atoms with van der Waals surface area (Å²) < 4.78 is 34.4. The number of halogens is 2. The van der Waals surface area contributed by atoms with Gasteiger partial charge in [-0.3, -0.25) is 14.5 Å². The molecule has 3 aliphatic rings. The van der Waals surface area contributed by atoms with Crippen LogP contribution < -0.4 is 15.1 Å². The molecule has 0 bridgehead atoms. The summed E-state index contributed by atoms with van der Waals surface area (Å²) in [6.07, 6.45) is -1.35. The molecule has 1 aromatic carbocycles. The van der Waals surface area contributed by atoms with E-state index in [2.05, 4.69) is 5.32 Å². The Kier molecular flexibility index (Phi) is 4.35. The number of carboxylic acids is 1. The average Bonchev–Trinajstić information content (AvgIpc) is 2.94. The van der Waals surface area contributed by atoms with E-state index < -0.39 is 35.7 Å². The number of carboxylic acid groups (broad SMARTS) is 1. The molecule has 1 aromatic rings. The third kappa shape index (κ3) is 3.12. The fourth-order valence-corrected chi connectivity index (χ4v) is 4.18. The third-order valence-electron chi connectivity index (χ3n) is 5.56. The highest BCUT2D eigenvalue weighted by Gasteiger charge is 2.60. The molecule has 1 aliphatic carbocycles. The minimum atomic E-state index is -0.868. The normalized spacial score (nSPS) is 28.2. The molecule has 2 saturated heterocycles. The predicted octanol–water partition coefficient (Wildman–Crippen LogP) is 1.19. The number of piperidine rings is 1. The average molecular weight is 395 g/mol. The minimum Gasteiger partial charge on any atom is -0.481 e. The van der Waals surface area contributed by atoms with Crippen LogP contribution in [0.15, 0.2) is 12.1 Å². The molecule has 8 nitrogen and oxygen atoms in total. The number of hydrogen-bond donors (Lipinski definition) is 2. The van der Waals surface area contributed by atoms with Crippen LogP contribution in [0.4, 0.5) is 25.0 Å². The topological polar surface area (TPSA) is 99.2 Å². The maximum atomic E-state index is 14.7. The van der Waals surface area contributed by atoms with Crippen LogP contribution >= 0.6 is 0 Å².